The molecule has 0 atom stereocenters. The third kappa shape index (κ3) is 3.23. The van der Waals surface area contributed by atoms with E-state index in [1.807, 2.05) is 31.2 Å². The number of aromatic carboxylic acids is 1. The maximum absolute atomic E-state index is 11.6. The summed E-state index contributed by atoms with van der Waals surface area (Å²) in [5.41, 5.74) is 2.90. The van der Waals surface area contributed by atoms with E-state index in [1.165, 1.54) is 21.1 Å². The topological polar surface area (TPSA) is 61.1 Å². The van der Waals surface area contributed by atoms with Crippen LogP contribution in [0.1, 0.15) is 27.0 Å². The summed E-state index contributed by atoms with van der Waals surface area (Å²) in [6.07, 6.45) is 2.70. The van der Waals surface area contributed by atoms with E-state index in [-0.39, 0.29) is 4.88 Å². The van der Waals surface area contributed by atoms with Crippen molar-refractivity contribution in [2.75, 3.05) is 6.26 Å². The molecule has 0 aliphatic heterocycles. The minimum Gasteiger partial charge on any atom is -0.477 e. The van der Waals surface area contributed by atoms with Crippen LogP contribution in [-0.4, -0.2) is 17.3 Å². The summed E-state index contributed by atoms with van der Waals surface area (Å²) in [6.45, 7) is 1.94. The number of carboxylic acid groups (broad SMARTS) is 1. The highest BCUT2D eigenvalue weighted by Gasteiger charge is 2.23. The van der Waals surface area contributed by atoms with E-state index in [9.17, 15) is 15.2 Å². The van der Waals surface area contributed by atoms with Crippen molar-refractivity contribution in [3.8, 4) is 27.6 Å². The van der Waals surface area contributed by atoms with Gasteiger partial charge in [0.15, 0.2) is 0 Å². The second-order valence-electron chi connectivity index (χ2n) is 5.27. The lowest BCUT2D eigenvalue weighted by atomic mass is 9.98. The Morgan fingerprint density at radius 2 is 1.92 bits per heavy atom. The molecule has 1 aromatic carbocycles. The van der Waals surface area contributed by atoms with E-state index >= 15 is 0 Å². The van der Waals surface area contributed by atoms with Gasteiger partial charge in [0.2, 0.25) is 0 Å². The first-order valence-corrected chi connectivity index (χ1v) is 10.5. The average molecular weight is 386 g/mol. The fourth-order valence-electron chi connectivity index (χ4n) is 2.73. The Morgan fingerprint density at radius 3 is 2.48 bits per heavy atom. The smallest absolute Gasteiger partial charge is 0.346 e. The molecule has 0 amide bonds. The van der Waals surface area contributed by atoms with Crippen LogP contribution in [0.4, 0.5) is 0 Å². The van der Waals surface area contributed by atoms with Gasteiger partial charge in [-0.1, -0.05) is 31.2 Å². The van der Waals surface area contributed by atoms with E-state index in [4.69, 9.17) is 0 Å². The summed E-state index contributed by atoms with van der Waals surface area (Å²) in [6, 6.07) is 12.1. The Bertz CT molecular complexity index is 962. The van der Waals surface area contributed by atoms with Crippen LogP contribution in [0.15, 0.2) is 40.6 Å². The van der Waals surface area contributed by atoms with Crippen LogP contribution in [-0.2, 0) is 6.42 Å². The monoisotopic (exact) mass is 385 g/mol. The number of nitrogens with zero attached hydrogens (tertiary/aromatic N) is 1. The second-order valence-corrected chi connectivity index (χ2v) is 8.14. The molecule has 2 heterocycles. The van der Waals surface area contributed by atoms with Crippen LogP contribution in [0.2, 0.25) is 0 Å². The molecule has 0 saturated heterocycles. The van der Waals surface area contributed by atoms with Crippen molar-refractivity contribution in [2.24, 2.45) is 0 Å². The van der Waals surface area contributed by atoms with Crippen LogP contribution < -0.4 is 0 Å². The van der Waals surface area contributed by atoms with Crippen molar-refractivity contribution in [1.29, 1.82) is 5.26 Å². The van der Waals surface area contributed by atoms with Crippen molar-refractivity contribution in [3.05, 3.63) is 51.0 Å². The Morgan fingerprint density at radius 1 is 1.24 bits per heavy atom. The molecule has 3 aromatic rings. The second kappa shape index (κ2) is 7.44. The van der Waals surface area contributed by atoms with Crippen LogP contribution >= 0.6 is 34.4 Å². The fourth-order valence-corrected chi connectivity index (χ4v) is 5.56. The Kier molecular flexibility index (Phi) is 5.28. The van der Waals surface area contributed by atoms with Gasteiger partial charge in [0, 0.05) is 20.2 Å². The van der Waals surface area contributed by atoms with Gasteiger partial charge in [-0.15, -0.1) is 34.4 Å². The number of carboxylic acids is 1. The molecule has 3 nitrogen and oxygen atoms in total. The van der Waals surface area contributed by atoms with Crippen LogP contribution in [0, 0.1) is 11.3 Å². The standard InChI is InChI=1S/C19H15NO2S3/c1-3-14-13(10-20)16(18(25-14)19(21)22)11-4-6-12(7-5-11)17-15(23-2)8-9-24-17/h4-9H,3H2,1-2H3,(H,21,22). The minimum absolute atomic E-state index is 0.238. The van der Waals surface area contributed by atoms with Gasteiger partial charge in [0.05, 0.1) is 5.56 Å². The summed E-state index contributed by atoms with van der Waals surface area (Å²) >= 11 is 4.59. The van der Waals surface area contributed by atoms with Crippen LogP contribution in [0.5, 0.6) is 0 Å². The summed E-state index contributed by atoms with van der Waals surface area (Å²) in [4.78, 5) is 15.1. The van der Waals surface area contributed by atoms with Gasteiger partial charge in [-0.3, -0.25) is 0 Å². The maximum atomic E-state index is 11.6. The quantitative estimate of drug-likeness (QED) is 0.547. The number of hydrogen-bond donors (Lipinski definition) is 1. The van der Waals surface area contributed by atoms with Gasteiger partial charge in [-0.2, -0.15) is 5.26 Å². The van der Waals surface area contributed by atoms with Crippen LogP contribution in [0.3, 0.4) is 0 Å². The van der Waals surface area contributed by atoms with E-state index < -0.39 is 5.97 Å². The molecule has 0 aliphatic carbocycles. The number of aryl methyl sites for hydroxylation is 1. The maximum Gasteiger partial charge on any atom is 0.346 e. The summed E-state index contributed by atoms with van der Waals surface area (Å²) in [5.74, 6) is -0.983. The molecular weight excluding hydrogens is 370 g/mol. The van der Waals surface area contributed by atoms with Crippen molar-refractivity contribution in [3.63, 3.8) is 0 Å². The predicted octanol–water partition coefficient (Wildman–Crippen LogP) is 6.00. The summed E-state index contributed by atoms with van der Waals surface area (Å²) in [5, 5.41) is 21.1. The van der Waals surface area contributed by atoms with E-state index in [0.717, 1.165) is 16.0 Å². The molecule has 1 N–H and O–H groups in total. The highest BCUT2D eigenvalue weighted by Crippen LogP contribution is 2.39. The third-order valence-electron chi connectivity index (χ3n) is 3.89. The molecule has 0 fully saturated rings. The highest BCUT2D eigenvalue weighted by molar-refractivity contribution is 7.98. The average Bonchev–Trinajstić information content (AvgIpc) is 3.25. The van der Waals surface area contributed by atoms with Crippen molar-refractivity contribution < 1.29 is 9.90 Å². The number of thioether (sulfide) groups is 1. The van der Waals surface area contributed by atoms with Gasteiger partial charge < -0.3 is 5.11 Å². The number of nitriles is 1. The van der Waals surface area contributed by atoms with Gasteiger partial charge in [0.1, 0.15) is 10.9 Å². The van der Waals surface area contributed by atoms with Gasteiger partial charge in [-0.05, 0) is 35.2 Å². The van der Waals surface area contributed by atoms with E-state index in [1.54, 1.807) is 23.1 Å². The lowest BCUT2D eigenvalue weighted by Gasteiger charge is -2.06. The van der Waals surface area contributed by atoms with Crippen molar-refractivity contribution >= 4 is 40.4 Å². The predicted molar refractivity (Wildman–Crippen MR) is 106 cm³/mol. The lowest BCUT2D eigenvalue weighted by Crippen LogP contribution is -1.95. The number of thiophene rings is 2. The van der Waals surface area contributed by atoms with Gasteiger partial charge >= 0.3 is 5.97 Å². The normalized spacial score (nSPS) is 10.6. The summed E-state index contributed by atoms with van der Waals surface area (Å²) in [7, 11) is 0. The molecular formula is C19H15NO2S3. The zero-order chi connectivity index (χ0) is 18.0. The largest absolute Gasteiger partial charge is 0.477 e. The van der Waals surface area contributed by atoms with E-state index in [0.29, 0.717) is 17.5 Å². The number of hydrogen-bond acceptors (Lipinski definition) is 5. The first kappa shape index (κ1) is 17.7. The fraction of sp³-hybridized carbons (Fsp3) is 0.158. The first-order chi connectivity index (χ1) is 12.1. The molecule has 0 spiro atoms. The molecule has 2 aromatic heterocycles. The molecule has 25 heavy (non-hydrogen) atoms. The van der Waals surface area contributed by atoms with Crippen LogP contribution in [0.25, 0.3) is 21.6 Å². The number of carbonyl (C=O) groups is 1. The SMILES string of the molecule is CCc1sc(C(=O)O)c(-c2ccc(-c3sccc3SC)cc2)c1C#N. The zero-order valence-corrected chi connectivity index (χ0v) is 16.1. The number of rotatable bonds is 5. The molecule has 0 bridgehead atoms. The minimum atomic E-state index is -0.983. The zero-order valence-electron chi connectivity index (χ0n) is 13.7. The molecule has 0 radical (unpaired) electrons. The Balaban J connectivity index is 2.11. The van der Waals surface area contributed by atoms with Gasteiger partial charge in [-0.25, -0.2) is 4.79 Å². The van der Waals surface area contributed by atoms with E-state index in [2.05, 4.69) is 23.8 Å². The molecule has 0 aliphatic rings. The lowest BCUT2D eigenvalue weighted by molar-refractivity contribution is 0.0703. The first-order valence-electron chi connectivity index (χ1n) is 7.62. The highest BCUT2D eigenvalue weighted by atomic mass is 32.2. The third-order valence-corrected chi connectivity index (χ3v) is 7.09. The number of benzene rings is 1. The Hall–Kier alpha value is -2.07. The summed E-state index contributed by atoms with van der Waals surface area (Å²) < 4.78 is 0. The molecule has 6 heteroatoms. The van der Waals surface area contributed by atoms with Crippen molar-refractivity contribution in [2.45, 2.75) is 18.2 Å². The van der Waals surface area contributed by atoms with Crippen molar-refractivity contribution in [1.82, 2.24) is 0 Å². The Labute approximate surface area is 158 Å². The molecule has 0 saturated carbocycles. The molecule has 126 valence electrons. The van der Waals surface area contributed by atoms with Gasteiger partial charge in [0.25, 0.3) is 0 Å². The molecule has 0 unspecified atom stereocenters. The molecule has 3 rings (SSSR count).